The molecule has 0 saturated carbocycles. The Morgan fingerprint density at radius 3 is 2.62 bits per heavy atom. The summed E-state index contributed by atoms with van der Waals surface area (Å²) in [5.74, 6) is 0.779. The fourth-order valence-corrected chi connectivity index (χ4v) is 3.02. The van der Waals surface area contributed by atoms with Gasteiger partial charge in [0.2, 0.25) is 0 Å². The van der Waals surface area contributed by atoms with Crippen molar-refractivity contribution < 1.29 is 9.84 Å². The zero-order chi connectivity index (χ0) is 15.2. The highest BCUT2D eigenvalue weighted by Crippen LogP contribution is 2.41. The zero-order valence-corrected chi connectivity index (χ0v) is 13.4. The first-order valence-electron chi connectivity index (χ1n) is 6.81. The first kappa shape index (κ1) is 14.7. The zero-order valence-electron chi connectivity index (χ0n) is 11.9. The fourth-order valence-electron chi connectivity index (χ4n) is 2.72. The van der Waals surface area contributed by atoms with E-state index in [4.69, 9.17) is 27.9 Å². The lowest BCUT2D eigenvalue weighted by molar-refractivity contribution is 0.131. The van der Waals surface area contributed by atoms with Crippen LogP contribution in [0.15, 0.2) is 36.4 Å². The van der Waals surface area contributed by atoms with E-state index in [2.05, 4.69) is 0 Å². The van der Waals surface area contributed by atoms with Crippen LogP contribution in [0.25, 0.3) is 0 Å². The predicted octanol–water partition coefficient (Wildman–Crippen LogP) is 4.79. The summed E-state index contributed by atoms with van der Waals surface area (Å²) in [6.07, 6.45) is 0.0492. The van der Waals surface area contributed by atoms with Crippen molar-refractivity contribution in [3.8, 4) is 5.75 Å². The molecule has 0 spiro atoms. The standard InChI is InChI=1S/C17H16Cl2O2/c1-17(2)9-11-4-3-5-12(16(11)21-17)15(20)10-6-7-13(18)14(19)8-10/h3-8,15,20H,9H2,1-2H3. The van der Waals surface area contributed by atoms with Crippen molar-refractivity contribution in [1.29, 1.82) is 0 Å². The molecule has 1 aliphatic heterocycles. The molecule has 1 atom stereocenters. The van der Waals surface area contributed by atoms with Gasteiger partial charge in [-0.25, -0.2) is 0 Å². The Morgan fingerprint density at radius 1 is 1.14 bits per heavy atom. The van der Waals surface area contributed by atoms with Crippen molar-refractivity contribution in [3.05, 3.63) is 63.1 Å². The van der Waals surface area contributed by atoms with Gasteiger partial charge in [-0.2, -0.15) is 0 Å². The van der Waals surface area contributed by atoms with Crippen molar-refractivity contribution in [1.82, 2.24) is 0 Å². The van der Waals surface area contributed by atoms with Crippen LogP contribution in [0.2, 0.25) is 10.0 Å². The molecule has 0 aromatic heterocycles. The predicted molar refractivity (Wildman–Crippen MR) is 85.4 cm³/mol. The van der Waals surface area contributed by atoms with E-state index in [0.717, 1.165) is 23.3 Å². The molecule has 3 rings (SSSR count). The van der Waals surface area contributed by atoms with E-state index in [1.165, 1.54) is 0 Å². The molecule has 0 aliphatic carbocycles. The fraction of sp³-hybridized carbons (Fsp3) is 0.294. The maximum atomic E-state index is 10.7. The first-order chi connectivity index (χ1) is 9.87. The normalized spacial score (nSPS) is 17.2. The molecule has 0 amide bonds. The van der Waals surface area contributed by atoms with Gasteiger partial charge < -0.3 is 9.84 Å². The summed E-state index contributed by atoms with van der Waals surface area (Å²) in [5, 5.41) is 11.6. The Balaban J connectivity index is 2.02. The molecular weight excluding hydrogens is 307 g/mol. The highest BCUT2D eigenvalue weighted by atomic mass is 35.5. The number of hydrogen-bond donors (Lipinski definition) is 1. The van der Waals surface area contributed by atoms with Crippen LogP contribution in [0, 0.1) is 0 Å². The number of hydrogen-bond acceptors (Lipinski definition) is 2. The Morgan fingerprint density at radius 2 is 1.90 bits per heavy atom. The Bertz CT molecular complexity index is 695. The van der Waals surface area contributed by atoms with Gasteiger partial charge in [0.05, 0.1) is 10.0 Å². The van der Waals surface area contributed by atoms with E-state index in [0.29, 0.717) is 15.6 Å². The average Bonchev–Trinajstić information content (AvgIpc) is 2.74. The minimum atomic E-state index is -0.788. The van der Waals surface area contributed by atoms with Gasteiger partial charge in [-0.3, -0.25) is 0 Å². The van der Waals surface area contributed by atoms with Crippen LogP contribution in [0.1, 0.15) is 36.6 Å². The third-order valence-electron chi connectivity index (χ3n) is 3.68. The van der Waals surface area contributed by atoms with Crippen LogP contribution in [0.5, 0.6) is 5.75 Å². The van der Waals surface area contributed by atoms with E-state index in [-0.39, 0.29) is 5.60 Å². The molecule has 1 heterocycles. The van der Waals surface area contributed by atoms with E-state index in [1.54, 1.807) is 18.2 Å². The van der Waals surface area contributed by atoms with E-state index < -0.39 is 6.10 Å². The van der Waals surface area contributed by atoms with Crippen LogP contribution >= 0.6 is 23.2 Å². The molecule has 1 N–H and O–H groups in total. The van der Waals surface area contributed by atoms with Crippen LogP contribution < -0.4 is 4.74 Å². The lowest BCUT2D eigenvalue weighted by Gasteiger charge is -2.20. The minimum Gasteiger partial charge on any atom is -0.487 e. The van der Waals surface area contributed by atoms with Gasteiger partial charge in [0.1, 0.15) is 17.5 Å². The third kappa shape index (κ3) is 2.76. The smallest absolute Gasteiger partial charge is 0.129 e. The largest absolute Gasteiger partial charge is 0.487 e. The second-order valence-electron chi connectivity index (χ2n) is 5.95. The maximum absolute atomic E-state index is 10.7. The molecule has 1 unspecified atom stereocenters. The molecular formula is C17H16Cl2O2. The summed E-state index contributed by atoms with van der Waals surface area (Å²) in [6, 6.07) is 11.0. The Hall–Kier alpha value is -1.22. The number of aliphatic hydroxyl groups is 1. The van der Waals surface area contributed by atoms with Crippen LogP contribution in [0.4, 0.5) is 0 Å². The molecule has 2 aromatic rings. The average molecular weight is 323 g/mol. The topological polar surface area (TPSA) is 29.5 Å². The molecule has 21 heavy (non-hydrogen) atoms. The van der Waals surface area contributed by atoms with E-state index in [9.17, 15) is 5.11 Å². The van der Waals surface area contributed by atoms with Crippen LogP contribution in [-0.4, -0.2) is 10.7 Å². The molecule has 1 aliphatic rings. The van der Waals surface area contributed by atoms with Gasteiger partial charge in [0.15, 0.2) is 0 Å². The molecule has 4 heteroatoms. The first-order valence-corrected chi connectivity index (χ1v) is 7.57. The molecule has 110 valence electrons. The third-order valence-corrected chi connectivity index (χ3v) is 4.41. The number of halogens is 2. The van der Waals surface area contributed by atoms with Crippen molar-refractivity contribution in [3.63, 3.8) is 0 Å². The van der Waals surface area contributed by atoms with Crippen LogP contribution in [0.3, 0.4) is 0 Å². The van der Waals surface area contributed by atoms with Crippen molar-refractivity contribution in [2.75, 3.05) is 0 Å². The van der Waals surface area contributed by atoms with Crippen molar-refractivity contribution in [2.45, 2.75) is 32.0 Å². The molecule has 0 saturated heterocycles. The summed E-state index contributed by atoms with van der Waals surface area (Å²) >= 11 is 12.0. The molecule has 2 nitrogen and oxygen atoms in total. The summed E-state index contributed by atoms with van der Waals surface area (Å²) in [6.45, 7) is 4.09. The van der Waals surface area contributed by atoms with Crippen molar-refractivity contribution >= 4 is 23.2 Å². The van der Waals surface area contributed by atoms with Gasteiger partial charge in [0, 0.05) is 12.0 Å². The van der Waals surface area contributed by atoms with Gasteiger partial charge in [-0.15, -0.1) is 0 Å². The number of benzene rings is 2. The SMILES string of the molecule is CC1(C)Cc2cccc(C(O)c3ccc(Cl)c(Cl)c3)c2O1. The van der Waals surface area contributed by atoms with E-state index in [1.807, 2.05) is 32.0 Å². The quantitative estimate of drug-likeness (QED) is 0.861. The summed E-state index contributed by atoms with van der Waals surface area (Å²) in [4.78, 5) is 0. The molecule has 0 fully saturated rings. The summed E-state index contributed by atoms with van der Waals surface area (Å²) < 4.78 is 6.00. The Kier molecular flexibility index (Phi) is 3.64. The number of fused-ring (bicyclic) bond motifs is 1. The van der Waals surface area contributed by atoms with E-state index >= 15 is 0 Å². The lowest BCUT2D eigenvalue weighted by Crippen LogP contribution is -2.25. The van der Waals surface area contributed by atoms with Gasteiger partial charge in [-0.05, 0) is 37.1 Å². The van der Waals surface area contributed by atoms with Crippen LogP contribution in [-0.2, 0) is 6.42 Å². The number of rotatable bonds is 2. The monoisotopic (exact) mass is 322 g/mol. The Labute approximate surface area is 134 Å². The summed E-state index contributed by atoms with van der Waals surface area (Å²) in [7, 11) is 0. The van der Waals surface area contributed by atoms with Gasteiger partial charge in [-0.1, -0.05) is 47.5 Å². The number of ether oxygens (including phenoxy) is 1. The van der Waals surface area contributed by atoms with Gasteiger partial charge in [0.25, 0.3) is 0 Å². The van der Waals surface area contributed by atoms with Gasteiger partial charge >= 0.3 is 0 Å². The summed E-state index contributed by atoms with van der Waals surface area (Å²) in [5.41, 5.74) is 2.34. The number of aliphatic hydroxyl groups excluding tert-OH is 1. The molecule has 0 radical (unpaired) electrons. The highest BCUT2D eigenvalue weighted by Gasteiger charge is 2.33. The van der Waals surface area contributed by atoms with Crippen molar-refractivity contribution in [2.24, 2.45) is 0 Å². The number of para-hydroxylation sites is 1. The molecule has 2 aromatic carbocycles. The highest BCUT2D eigenvalue weighted by molar-refractivity contribution is 6.42. The second-order valence-corrected chi connectivity index (χ2v) is 6.76. The lowest BCUT2D eigenvalue weighted by atomic mass is 9.96. The molecule has 0 bridgehead atoms. The second kappa shape index (κ2) is 5.20. The maximum Gasteiger partial charge on any atom is 0.129 e. The minimum absolute atomic E-state index is 0.240.